The second-order valence-electron chi connectivity index (χ2n) is 5.17. The minimum Gasteiger partial charge on any atom is -0.496 e. The largest absolute Gasteiger partial charge is 0.496 e. The van der Waals surface area contributed by atoms with Crippen molar-refractivity contribution < 1.29 is 9.53 Å². The maximum Gasteiger partial charge on any atom is 0.185 e. The van der Waals surface area contributed by atoms with Crippen molar-refractivity contribution in [1.82, 2.24) is 0 Å². The van der Waals surface area contributed by atoms with Crippen LogP contribution in [0.25, 0.3) is 0 Å². The molecule has 0 aromatic heterocycles. The van der Waals surface area contributed by atoms with Gasteiger partial charge in [0.1, 0.15) is 5.75 Å². The number of ether oxygens (including phenoxy) is 1. The first-order valence-electron chi connectivity index (χ1n) is 5.79. The summed E-state index contributed by atoms with van der Waals surface area (Å²) >= 11 is 0. The molecule has 0 unspecified atom stereocenters. The van der Waals surface area contributed by atoms with E-state index in [4.69, 9.17) is 10.5 Å². The van der Waals surface area contributed by atoms with Crippen LogP contribution in [-0.2, 0) is 0 Å². The molecule has 1 aromatic rings. The van der Waals surface area contributed by atoms with Gasteiger partial charge in [-0.2, -0.15) is 0 Å². The predicted octanol–water partition coefficient (Wildman–Crippen LogP) is 2.74. The summed E-state index contributed by atoms with van der Waals surface area (Å²) in [6.07, 6.45) is 0. The van der Waals surface area contributed by atoms with Gasteiger partial charge in [0.05, 0.1) is 18.2 Å². The zero-order chi connectivity index (χ0) is 13.2. The van der Waals surface area contributed by atoms with Crippen LogP contribution in [0.3, 0.4) is 0 Å². The molecule has 0 heterocycles. The van der Waals surface area contributed by atoms with Crippen LogP contribution in [0, 0.1) is 0 Å². The Balaban J connectivity index is 3.29. The fraction of sp³-hybridized carbons (Fsp3) is 0.500. The molecule has 1 aromatic carbocycles. The van der Waals surface area contributed by atoms with Gasteiger partial charge >= 0.3 is 0 Å². The summed E-state index contributed by atoms with van der Waals surface area (Å²) in [7, 11) is 1.56. The van der Waals surface area contributed by atoms with Gasteiger partial charge in [0, 0.05) is 0 Å². The van der Waals surface area contributed by atoms with Crippen molar-refractivity contribution in [3.05, 3.63) is 29.3 Å². The van der Waals surface area contributed by atoms with E-state index >= 15 is 0 Å². The minimum atomic E-state index is -0.886. The van der Waals surface area contributed by atoms with Crippen molar-refractivity contribution in [2.24, 2.45) is 5.73 Å². The number of Topliss-reactive ketones (excluding diaryl/α,β-unsaturated/α-hetero) is 1. The van der Waals surface area contributed by atoms with Gasteiger partial charge in [-0.3, -0.25) is 4.79 Å². The summed E-state index contributed by atoms with van der Waals surface area (Å²) in [5, 5.41) is 0. The number of ketones is 1. The number of carbonyl (C=O) groups is 1. The second kappa shape index (κ2) is 4.88. The molecule has 94 valence electrons. The van der Waals surface area contributed by atoms with Crippen LogP contribution in [0.4, 0.5) is 0 Å². The molecular weight excluding hydrogens is 214 g/mol. The van der Waals surface area contributed by atoms with E-state index in [0.29, 0.717) is 17.2 Å². The Morgan fingerprint density at radius 3 is 2.35 bits per heavy atom. The normalized spacial score (nSPS) is 11.7. The van der Waals surface area contributed by atoms with Gasteiger partial charge in [-0.1, -0.05) is 19.9 Å². The topological polar surface area (TPSA) is 52.3 Å². The zero-order valence-electron chi connectivity index (χ0n) is 11.2. The fourth-order valence-corrected chi connectivity index (χ4v) is 1.61. The molecule has 17 heavy (non-hydrogen) atoms. The van der Waals surface area contributed by atoms with Crippen LogP contribution in [0.2, 0.25) is 0 Å². The van der Waals surface area contributed by atoms with Crippen LogP contribution in [-0.4, -0.2) is 18.4 Å². The molecule has 0 radical (unpaired) electrons. The Labute approximate surface area is 103 Å². The molecule has 0 atom stereocenters. The Kier molecular flexibility index (Phi) is 3.94. The van der Waals surface area contributed by atoms with Crippen molar-refractivity contribution in [2.75, 3.05) is 7.11 Å². The van der Waals surface area contributed by atoms with E-state index in [-0.39, 0.29) is 5.78 Å². The minimum absolute atomic E-state index is 0.100. The first-order chi connectivity index (χ1) is 7.77. The van der Waals surface area contributed by atoms with Crippen molar-refractivity contribution in [3.8, 4) is 5.75 Å². The molecule has 2 N–H and O–H groups in total. The highest BCUT2D eigenvalue weighted by molar-refractivity contribution is 6.04. The smallest absolute Gasteiger partial charge is 0.185 e. The average molecular weight is 235 g/mol. The summed E-state index contributed by atoms with van der Waals surface area (Å²) in [5.41, 5.74) is 6.64. The van der Waals surface area contributed by atoms with Crippen LogP contribution >= 0.6 is 0 Å². The molecule has 0 spiro atoms. The molecule has 3 nitrogen and oxygen atoms in total. The van der Waals surface area contributed by atoms with Gasteiger partial charge in [0.25, 0.3) is 0 Å². The Morgan fingerprint density at radius 2 is 1.94 bits per heavy atom. The number of benzene rings is 1. The molecule has 0 aliphatic carbocycles. The van der Waals surface area contributed by atoms with Gasteiger partial charge in [-0.15, -0.1) is 0 Å². The van der Waals surface area contributed by atoms with E-state index in [1.165, 1.54) is 0 Å². The molecule has 0 amide bonds. The quantitative estimate of drug-likeness (QED) is 0.816. The zero-order valence-corrected chi connectivity index (χ0v) is 11.2. The molecule has 0 saturated heterocycles. The molecule has 0 saturated carbocycles. The highest BCUT2D eigenvalue weighted by Crippen LogP contribution is 2.26. The molecule has 0 aliphatic rings. The van der Waals surface area contributed by atoms with Crippen LogP contribution < -0.4 is 10.5 Å². The van der Waals surface area contributed by atoms with E-state index in [1.54, 1.807) is 21.0 Å². The molecule has 0 aliphatic heterocycles. The maximum absolute atomic E-state index is 12.2. The molecule has 1 rings (SSSR count). The van der Waals surface area contributed by atoms with Crippen molar-refractivity contribution in [1.29, 1.82) is 0 Å². The average Bonchev–Trinajstić information content (AvgIpc) is 2.25. The third-order valence-corrected chi connectivity index (χ3v) is 2.72. The van der Waals surface area contributed by atoms with Crippen molar-refractivity contribution >= 4 is 5.78 Å². The van der Waals surface area contributed by atoms with Crippen LogP contribution in [0.5, 0.6) is 5.75 Å². The lowest BCUT2D eigenvalue weighted by Crippen LogP contribution is -2.41. The highest BCUT2D eigenvalue weighted by atomic mass is 16.5. The number of nitrogens with two attached hydrogens (primary N) is 1. The third-order valence-electron chi connectivity index (χ3n) is 2.72. The van der Waals surface area contributed by atoms with Gasteiger partial charge in [0.15, 0.2) is 5.78 Å². The lowest BCUT2D eigenvalue weighted by Gasteiger charge is -2.19. The number of methoxy groups -OCH3 is 1. The van der Waals surface area contributed by atoms with Gasteiger partial charge < -0.3 is 10.5 Å². The molecule has 0 bridgehead atoms. The van der Waals surface area contributed by atoms with Gasteiger partial charge in [-0.05, 0) is 37.5 Å². The summed E-state index contributed by atoms with van der Waals surface area (Å²) in [4.78, 5) is 12.2. The Hall–Kier alpha value is -1.35. The second-order valence-corrected chi connectivity index (χ2v) is 5.17. The maximum atomic E-state index is 12.2. The van der Waals surface area contributed by atoms with Crippen LogP contribution in [0.15, 0.2) is 18.2 Å². The van der Waals surface area contributed by atoms with Gasteiger partial charge in [-0.25, -0.2) is 0 Å². The molecule has 3 heteroatoms. The van der Waals surface area contributed by atoms with E-state index in [9.17, 15) is 4.79 Å². The van der Waals surface area contributed by atoms with E-state index < -0.39 is 5.54 Å². The van der Waals surface area contributed by atoms with E-state index in [2.05, 4.69) is 13.8 Å². The summed E-state index contributed by atoms with van der Waals surface area (Å²) < 4.78 is 5.22. The third kappa shape index (κ3) is 3.07. The fourth-order valence-electron chi connectivity index (χ4n) is 1.61. The van der Waals surface area contributed by atoms with Crippen molar-refractivity contribution in [3.63, 3.8) is 0 Å². The number of carbonyl (C=O) groups excluding carboxylic acids is 1. The molecular formula is C14H21NO2. The summed E-state index contributed by atoms with van der Waals surface area (Å²) in [6.45, 7) is 7.58. The van der Waals surface area contributed by atoms with Crippen LogP contribution in [0.1, 0.15) is 49.5 Å². The van der Waals surface area contributed by atoms with Gasteiger partial charge in [0.2, 0.25) is 0 Å². The summed E-state index contributed by atoms with van der Waals surface area (Å²) in [6, 6.07) is 5.68. The molecule has 0 fully saturated rings. The first-order valence-corrected chi connectivity index (χ1v) is 5.79. The van der Waals surface area contributed by atoms with E-state index in [0.717, 1.165) is 5.56 Å². The Morgan fingerprint density at radius 1 is 1.35 bits per heavy atom. The Bertz CT molecular complexity index is 417. The number of hydrogen-bond donors (Lipinski definition) is 1. The lowest BCUT2D eigenvalue weighted by atomic mass is 9.91. The number of hydrogen-bond acceptors (Lipinski definition) is 3. The summed E-state index contributed by atoms with van der Waals surface area (Å²) in [5.74, 6) is 0.850. The standard InChI is InChI=1S/C14H21NO2/c1-9(2)10-6-7-12(17-5)11(8-10)13(16)14(3,4)15/h6-9H,15H2,1-5H3. The monoisotopic (exact) mass is 235 g/mol. The first kappa shape index (κ1) is 13.7. The number of rotatable bonds is 4. The highest BCUT2D eigenvalue weighted by Gasteiger charge is 2.26. The predicted molar refractivity (Wildman–Crippen MR) is 69.7 cm³/mol. The SMILES string of the molecule is COc1ccc(C(C)C)cc1C(=O)C(C)(C)N. The van der Waals surface area contributed by atoms with E-state index in [1.807, 2.05) is 18.2 Å². The lowest BCUT2D eigenvalue weighted by molar-refractivity contribution is 0.0910. The van der Waals surface area contributed by atoms with Crippen molar-refractivity contribution in [2.45, 2.75) is 39.2 Å².